The molecule has 0 aliphatic carbocycles. The van der Waals surface area contributed by atoms with E-state index in [-0.39, 0.29) is 11.5 Å². The van der Waals surface area contributed by atoms with Crippen LogP contribution in [0.25, 0.3) is 65.3 Å². The molecule has 1 N–H and O–H groups in total. The molecule has 0 atom stereocenters. The van der Waals surface area contributed by atoms with E-state index < -0.39 is 0 Å². The van der Waals surface area contributed by atoms with Crippen molar-refractivity contribution >= 4 is 48.9 Å². The SMILES string of the molecule is O=C(c1ccccc1)c1cc(-c2cc3c4ccccc4c(-c4cccc5ccccc45)cc3c3ccccc23)ccc1O. The van der Waals surface area contributed by atoms with Crippen LogP contribution < -0.4 is 0 Å². The van der Waals surface area contributed by atoms with Crippen molar-refractivity contribution in [3.8, 4) is 28.0 Å². The third-order valence-electron chi connectivity index (χ3n) is 8.55. The Balaban J connectivity index is 1.42. The summed E-state index contributed by atoms with van der Waals surface area (Å²) in [5, 5.41) is 20.1. The maximum atomic E-state index is 13.4. The number of fused-ring (bicyclic) bond motifs is 6. The fraction of sp³-hybridized carbons (Fsp3) is 0. The molecule has 0 spiro atoms. The molecule has 202 valence electrons. The lowest BCUT2D eigenvalue weighted by Gasteiger charge is -2.17. The second-order valence-electron chi connectivity index (χ2n) is 11.0. The average molecular weight is 551 g/mol. The first-order valence-electron chi connectivity index (χ1n) is 14.5. The normalized spacial score (nSPS) is 11.4. The van der Waals surface area contributed by atoms with Crippen LogP contribution in [0.2, 0.25) is 0 Å². The zero-order chi connectivity index (χ0) is 28.9. The zero-order valence-corrected chi connectivity index (χ0v) is 23.3. The van der Waals surface area contributed by atoms with E-state index in [0.717, 1.165) is 27.3 Å². The first kappa shape index (κ1) is 25.0. The van der Waals surface area contributed by atoms with Gasteiger partial charge in [-0.05, 0) is 89.6 Å². The minimum atomic E-state index is -0.199. The van der Waals surface area contributed by atoms with Gasteiger partial charge in [-0.3, -0.25) is 4.79 Å². The predicted molar refractivity (Wildman–Crippen MR) is 179 cm³/mol. The van der Waals surface area contributed by atoms with Crippen molar-refractivity contribution in [2.45, 2.75) is 0 Å². The van der Waals surface area contributed by atoms with Crippen LogP contribution in [-0.2, 0) is 0 Å². The van der Waals surface area contributed by atoms with Gasteiger partial charge in [-0.25, -0.2) is 0 Å². The maximum Gasteiger partial charge on any atom is 0.196 e. The maximum absolute atomic E-state index is 13.4. The molecule has 0 unspecified atom stereocenters. The number of rotatable bonds is 4. The van der Waals surface area contributed by atoms with E-state index in [1.54, 1.807) is 18.2 Å². The summed E-state index contributed by atoms with van der Waals surface area (Å²) < 4.78 is 0. The molecule has 0 saturated carbocycles. The molecule has 0 aliphatic rings. The van der Waals surface area contributed by atoms with E-state index in [1.807, 2.05) is 30.3 Å². The van der Waals surface area contributed by atoms with Crippen LogP contribution in [0.3, 0.4) is 0 Å². The Morgan fingerprint density at radius 1 is 0.419 bits per heavy atom. The minimum Gasteiger partial charge on any atom is -0.507 e. The van der Waals surface area contributed by atoms with Crippen molar-refractivity contribution in [3.05, 3.63) is 163 Å². The van der Waals surface area contributed by atoms with Crippen LogP contribution in [0, 0.1) is 0 Å². The quantitative estimate of drug-likeness (QED) is 0.175. The van der Waals surface area contributed by atoms with Crippen LogP contribution in [0.1, 0.15) is 15.9 Å². The molecular formula is C41H26O2. The van der Waals surface area contributed by atoms with Gasteiger partial charge in [0, 0.05) is 5.56 Å². The van der Waals surface area contributed by atoms with Gasteiger partial charge < -0.3 is 5.11 Å². The molecule has 0 aromatic heterocycles. The van der Waals surface area contributed by atoms with Gasteiger partial charge in [0.05, 0.1) is 5.56 Å². The van der Waals surface area contributed by atoms with Crippen molar-refractivity contribution < 1.29 is 9.90 Å². The summed E-state index contributed by atoms with van der Waals surface area (Å²) in [7, 11) is 0. The molecule has 0 radical (unpaired) electrons. The standard InChI is InChI=1S/C41H26O2/c42-40-22-21-28(23-39(40)41(43)27-12-2-1-3-13-27)35-24-37-34-19-9-8-18-33(34)36(25-38(37)32-17-7-6-16-31(32)35)30-20-10-14-26-11-4-5-15-29(26)30/h1-25,42H. The van der Waals surface area contributed by atoms with Crippen molar-refractivity contribution in [1.82, 2.24) is 0 Å². The van der Waals surface area contributed by atoms with Gasteiger partial charge in [0.1, 0.15) is 5.75 Å². The summed E-state index contributed by atoms with van der Waals surface area (Å²) in [5.41, 5.74) is 5.17. The first-order chi connectivity index (χ1) is 21.2. The smallest absolute Gasteiger partial charge is 0.196 e. The highest BCUT2D eigenvalue weighted by molar-refractivity contribution is 6.25. The number of benzene rings is 8. The van der Waals surface area contributed by atoms with Crippen molar-refractivity contribution in [2.24, 2.45) is 0 Å². The third kappa shape index (κ3) is 4.07. The molecule has 8 aromatic rings. The number of phenolic OH excluding ortho intramolecular Hbond substituents is 1. The largest absolute Gasteiger partial charge is 0.507 e. The summed E-state index contributed by atoms with van der Waals surface area (Å²) in [6.07, 6.45) is 0. The van der Waals surface area contributed by atoms with Crippen LogP contribution in [-0.4, -0.2) is 10.9 Å². The monoisotopic (exact) mass is 550 g/mol. The fourth-order valence-electron chi connectivity index (χ4n) is 6.50. The third-order valence-corrected chi connectivity index (χ3v) is 8.55. The van der Waals surface area contributed by atoms with E-state index >= 15 is 0 Å². The Hall–Kier alpha value is -5.73. The highest BCUT2D eigenvalue weighted by Gasteiger charge is 2.18. The van der Waals surface area contributed by atoms with Gasteiger partial charge in [0.2, 0.25) is 0 Å². The predicted octanol–water partition coefficient (Wildman–Crippen LogP) is 10.6. The van der Waals surface area contributed by atoms with Crippen molar-refractivity contribution in [3.63, 3.8) is 0 Å². The Bertz CT molecular complexity index is 2360. The summed E-state index contributed by atoms with van der Waals surface area (Å²) in [5.74, 6) is -0.219. The number of carbonyl (C=O) groups is 1. The van der Waals surface area contributed by atoms with Crippen LogP contribution in [0.4, 0.5) is 0 Å². The molecule has 0 saturated heterocycles. The summed E-state index contributed by atoms with van der Waals surface area (Å²) in [6, 6.07) is 51.2. The lowest BCUT2D eigenvalue weighted by atomic mass is 9.86. The molecule has 0 amide bonds. The molecular weight excluding hydrogens is 524 g/mol. The van der Waals surface area contributed by atoms with Crippen LogP contribution in [0.15, 0.2) is 152 Å². The van der Waals surface area contributed by atoms with Gasteiger partial charge in [-0.2, -0.15) is 0 Å². The molecule has 43 heavy (non-hydrogen) atoms. The van der Waals surface area contributed by atoms with Crippen LogP contribution >= 0.6 is 0 Å². The Morgan fingerprint density at radius 2 is 0.977 bits per heavy atom. The number of phenols is 1. The fourth-order valence-corrected chi connectivity index (χ4v) is 6.50. The molecule has 2 heteroatoms. The van der Waals surface area contributed by atoms with Gasteiger partial charge in [-0.1, -0.05) is 127 Å². The van der Waals surface area contributed by atoms with Gasteiger partial charge in [0.15, 0.2) is 5.78 Å². The van der Waals surface area contributed by atoms with E-state index in [0.29, 0.717) is 11.1 Å². The van der Waals surface area contributed by atoms with E-state index in [1.165, 1.54) is 38.1 Å². The lowest BCUT2D eigenvalue weighted by molar-refractivity contribution is 0.103. The first-order valence-corrected chi connectivity index (χ1v) is 14.5. The van der Waals surface area contributed by atoms with E-state index in [9.17, 15) is 9.90 Å². The van der Waals surface area contributed by atoms with Crippen LogP contribution in [0.5, 0.6) is 5.75 Å². The van der Waals surface area contributed by atoms with E-state index in [2.05, 4.69) is 103 Å². The number of ketones is 1. The van der Waals surface area contributed by atoms with E-state index in [4.69, 9.17) is 0 Å². The molecule has 0 heterocycles. The second kappa shape index (κ2) is 9.97. The zero-order valence-electron chi connectivity index (χ0n) is 23.3. The summed E-state index contributed by atoms with van der Waals surface area (Å²) >= 11 is 0. The summed E-state index contributed by atoms with van der Waals surface area (Å²) in [6.45, 7) is 0. The topological polar surface area (TPSA) is 37.3 Å². The Labute approximate surface area is 249 Å². The van der Waals surface area contributed by atoms with Crippen molar-refractivity contribution in [2.75, 3.05) is 0 Å². The minimum absolute atomic E-state index is 0.0205. The second-order valence-corrected chi connectivity index (χ2v) is 11.0. The summed E-state index contributed by atoms with van der Waals surface area (Å²) in [4.78, 5) is 13.4. The lowest BCUT2D eigenvalue weighted by Crippen LogP contribution is -2.02. The average Bonchev–Trinajstić information content (AvgIpc) is 3.07. The van der Waals surface area contributed by atoms with Crippen molar-refractivity contribution in [1.29, 1.82) is 0 Å². The molecule has 2 nitrogen and oxygen atoms in total. The van der Waals surface area contributed by atoms with Gasteiger partial charge >= 0.3 is 0 Å². The molecule has 8 rings (SSSR count). The Morgan fingerprint density at radius 3 is 1.70 bits per heavy atom. The number of aromatic hydroxyl groups is 1. The highest BCUT2D eigenvalue weighted by atomic mass is 16.3. The number of carbonyl (C=O) groups excluding carboxylic acids is 1. The number of hydrogen-bond acceptors (Lipinski definition) is 2. The number of hydrogen-bond donors (Lipinski definition) is 1. The van der Waals surface area contributed by atoms with Gasteiger partial charge in [-0.15, -0.1) is 0 Å². The molecule has 0 bridgehead atoms. The molecule has 8 aromatic carbocycles. The molecule has 0 fully saturated rings. The van der Waals surface area contributed by atoms with Gasteiger partial charge in [0.25, 0.3) is 0 Å². The molecule has 0 aliphatic heterocycles. The highest BCUT2D eigenvalue weighted by Crippen LogP contribution is 2.43. The Kier molecular flexibility index (Phi) is 5.80.